The third-order valence-corrected chi connectivity index (χ3v) is 6.32. The van der Waals surface area contributed by atoms with Gasteiger partial charge in [-0.2, -0.15) is 15.1 Å². The highest BCUT2D eigenvalue weighted by Gasteiger charge is 2.21. The summed E-state index contributed by atoms with van der Waals surface area (Å²) in [6.45, 7) is 6.95. The van der Waals surface area contributed by atoms with E-state index in [1.165, 1.54) is 0 Å². The van der Waals surface area contributed by atoms with Crippen LogP contribution in [0.15, 0.2) is 54.9 Å². The van der Waals surface area contributed by atoms with Crippen LogP contribution in [-0.4, -0.2) is 56.3 Å². The van der Waals surface area contributed by atoms with Gasteiger partial charge in [-0.05, 0) is 44.2 Å². The van der Waals surface area contributed by atoms with Gasteiger partial charge in [0.2, 0.25) is 0 Å². The number of fused-ring (bicyclic) bond motifs is 1. The number of nitrogens with zero attached hydrogens (tertiary/aromatic N) is 6. The Morgan fingerprint density at radius 3 is 2.43 bits per heavy atom. The molecule has 1 aromatic carbocycles. The van der Waals surface area contributed by atoms with E-state index >= 15 is 4.39 Å². The normalized spacial score (nSPS) is 13.8. The van der Waals surface area contributed by atoms with Gasteiger partial charge in [0, 0.05) is 78.7 Å². The van der Waals surface area contributed by atoms with Gasteiger partial charge in [-0.25, -0.2) is 4.39 Å². The van der Waals surface area contributed by atoms with Crippen molar-refractivity contribution in [3.8, 4) is 11.8 Å². The highest BCUT2D eigenvalue weighted by Crippen LogP contribution is 2.31. The Morgan fingerprint density at radius 2 is 1.68 bits per heavy atom. The van der Waals surface area contributed by atoms with Gasteiger partial charge in [0.15, 0.2) is 17.4 Å². The van der Waals surface area contributed by atoms with Crippen molar-refractivity contribution in [3.63, 3.8) is 0 Å². The van der Waals surface area contributed by atoms with E-state index in [-0.39, 0.29) is 11.8 Å². The lowest BCUT2D eigenvalue weighted by Gasteiger charge is -2.36. The molecule has 1 aliphatic rings. The van der Waals surface area contributed by atoms with Crippen LogP contribution in [0.1, 0.15) is 11.4 Å². The quantitative estimate of drug-likeness (QED) is 0.309. The fraction of sp³-hybridized carbons (Fsp3) is 0.231. The first kappa shape index (κ1) is 22.8. The maximum Gasteiger partial charge on any atom is 0.326 e. The molecule has 0 amide bonds. The zero-order valence-electron chi connectivity index (χ0n) is 20.5. The minimum atomic E-state index is -0.459. The van der Waals surface area contributed by atoms with Gasteiger partial charge in [0.1, 0.15) is 11.6 Å². The molecule has 3 N–H and O–H groups in total. The number of H-pyrrole nitrogens is 2. The van der Waals surface area contributed by atoms with Crippen LogP contribution < -0.4 is 19.9 Å². The Hall–Kier alpha value is -4.67. The van der Waals surface area contributed by atoms with Gasteiger partial charge >= 0.3 is 6.01 Å². The number of aryl methyl sites for hydroxylation is 2. The van der Waals surface area contributed by atoms with Crippen molar-refractivity contribution in [1.29, 1.82) is 0 Å². The van der Waals surface area contributed by atoms with Crippen LogP contribution in [0.4, 0.5) is 27.5 Å². The van der Waals surface area contributed by atoms with E-state index < -0.39 is 5.82 Å². The Kier molecular flexibility index (Phi) is 5.79. The van der Waals surface area contributed by atoms with E-state index in [2.05, 4.69) is 45.2 Å². The van der Waals surface area contributed by atoms with E-state index in [9.17, 15) is 0 Å². The molecule has 1 aliphatic heterocycles. The minimum absolute atomic E-state index is 0.0503. The zero-order valence-corrected chi connectivity index (χ0v) is 20.5. The number of piperazine rings is 1. The van der Waals surface area contributed by atoms with Crippen LogP contribution in [0.25, 0.3) is 10.9 Å². The van der Waals surface area contributed by atoms with E-state index in [0.717, 1.165) is 43.3 Å². The first-order valence-corrected chi connectivity index (χ1v) is 12.1. The third-order valence-electron chi connectivity index (χ3n) is 6.32. The van der Waals surface area contributed by atoms with E-state index in [1.54, 1.807) is 30.6 Å². The molecular formula is C26H26FN9O. The monoisotopic (exact) mass is 499 g/mol. The van der Waals surface area contributed by atoms with E-state index in [0.29, 0.717) is 28.4 Å². The number of ether oxygens (including phenoxy) is 1. The second-order valence-corrected chi connectivity index (χ2v) is 9.03. The molecule has 0 unspecified atom stereocenters. The summed E-state index contributed by atoms with van der Waals surface area (Å²) in [5, 5.41) is 10.8. The van der Waals surface area contributed by atoms with Crippen molar-refractivity contribution < 1.29 is 9.13 Å². The molecule has 0 radical (unpaired) electrons. The molecule has 0 saturated carbocycles. The highest BCUT2D eigenvalue weighted by molar-refractivity contribution is 5.82. The molecule has 188 valence electrons. The predicted octanol–water partition coefficient (Wildman–Crippen LogP) is 4.69. The topological polar surface area (TPSA) is 111 Å². The number of hydrogen-bond donors (Lipinski definition) is 3. The maximum atomic E-state index is 15.2. The molecule has 1 fully saturated rings. The van der Waals surface area contributed by atoms with Gasteiger partial charge in [0.05, 0.1) is 0 Å². The summed E-state index contributed by atoms with van der Waals surface area (Å²) in [6.07, 6.45) is 3.60. The second-order valence-electron chi connectivity index (χ2n) is 9.03. The summed E-state index contributed by atoms with van der Waals surface area (Å²) in [7, 11) is 0. The summed E-state index contributed by atoms with van der Waals surface area (Å²) in [4.78, 5) is 20.9. The van der Waals surface area contributed by atoms with Gasteiger partial charge < -0.3 is 24.8 Å². The van der Waals surface area contributed by atoms with Crippen LogP contribution in [0.3, 0.4) is 0 Å². The van der Waals surface area contributed by atoms with Crippen LogP contribution in [0, 0.1) is 19.7 Å². The maximum absolute atomic E-state index is 15.2. The number of aromatic nitrogens is 6. The van der Waals surface area contributed by atoms with Crippen LogP contribution in [0.2, 0.25) is 0 Å². The number of rotatable bonds is 6. The molecule has 0 aliphatic carbocycles. The Bertz CT molecular complexity index is 1540. The summed E-state index contributed by atoms with van der Waals surface area (Å²) < 4.78 is 21.1. The molecule has 1 saturated heterocycles. The van der Waals surface area contributed by atoms with Gasteiger partial charge in [-0.1, -0.05) is 0 Å². The van der Waals surface area contributed by atoms with Crippen LogP contribution >= 0.6 is 0 Å². The number of benzene rings is 1. The molecule has 5 heterocycles. The molecule has 0 atom stereocenters. The average molecular weight is 500 g/mol. The molecule has 37 heavy (non-hydrogen) atoms. The smallest absolute Gasteiger partial charge is 0.326 e. The van der Waals surface area contributed by atoms with Gasteiger partial charge in [-0.15, -0.1) is 0 Å². The Balaban J connectivity index is 1.29. The lowest BCUT2D eigenvalue weighted by atomic mass is 10.2. The van der Waals surface area contributed by atoms with Crippen molar-refractivity contribution in [2.45, 2.75) is 13.8 Å². The van der Waals surface area contributed by atoms with Crippen molar-refractivity contribution in [3.05, 3.63) is 72.1 Å². The van der Waals surface area contributed by atoms with Gasteiger partial charge in [0.25, 0.3) is 0 Å². The fourth-order valence-corrected chi connectivity index (χ4v) is 4.51. The summed E-state index contributed by atoms with van der Waals surface area (Å²) in [5.41, 5.74) is 3.64. The predicted molar refractivity (Wildman–Crippen MR) is 140 cm³/mol. The average Bonchev–Trinajstić information content (AvgIpc) is 3.51. The fourth-order valence-electron chi connectivity index (χ4n) is 4.51. The number of anilines is 4. The first-order chi connectivity index (χ1) is 18.0. The number of nitrogens with one attached hydrogen (secondary N) is 3. The molecule has 4 aromatic heterocycles. The Morgan fingerprint density at radius 1 is 0.892 bits per heavy atom. The molecule has 6 rings (SSSR count). The first-order valence-electron chi connectivity index (χ1n) is 12.1. The third kappa shape index (κ3) is 4.75. The lowest BCUT2D eigenvalue weighted by Crippen LogP contribution is -2.46. The van der Waals surface area contributed by atoms with E-state index in [1.807, 2.05) is 38.1 Å². The minimum Gasteiger partial charge on any atom is -0.421 e. The lowest BCUT2D eigenvalue weighted by molar-refractivity contribution is 0.414. The second kappa shape index (κ2) is 9.41. The number of pyridine rings is 1. The van der Waals surface area contributed by atoms with Crippen molar-refractivity contribution in [1.82, 2.24) is 30.1 Å². The van der Waals surface area contributed by atoms with Crippen molar-refractivity contribution in [2.75, 3.05) is 41.3 Å². The van der Waals surface area contributed by atoms with Crippen LogP contribution in [0.5, 0.6) is 11.8 Å². The molecule has 0 bridgehead atoms. The number of hydrogen-bond acceptors (Lipinski definition) is 8. The van der Waals surface area contributed by atoms with Crippen molar-refractivity contribution in [2.24, 2.45) is 0 Å². The van der Waals surface area contributed by atoms with E-state index in [4.69, 9.17) is 4.74 Å². The highest BCUT2D eigenvalue weighted by atomic mass is 19.1. The molecule has 0 spiro atoms. The largest absolute Gasteiger partial charge is 0.421 e. The molecule has 5 aromatic rings. The van der Waals surface area contributed by atoms with Crippen LogP contribution in [-0.2, 0) is 0 Å². The Labute approximate surface area is 212 Å². The summed E-state index contributed by atoms with van der Waals surface area (Å²) >= 11 is 0. The zero-order chi connectivity index (χ0) is 25.4. The molecular weight excluding hydrogens is 473 g/mol. The molecule has 10 nitrogen and oxygen atoms in total. The summed E-state index contributed by atoms with van der Waals surface area (Å²) in [6, 6.07) is 12.9. The standard InChI is InChI=1S/C26H26FN9O/c1-16-13-19-20(29-16)3-4-21(25(19)27)37-26-31-22(30-23-14-17(2)33-34-23)15-24(32-26)36-11-9-35(10-12-36)18-5-7-28-8-6-18/h3-8,13-15,29H,9-12H2,1-2H3,(H2,30,31,32,33,34). The summed E-state index contributed by atoms with van der Waals surface area (Å²) in [5.74, 6) is 1.41. The number of aromatic amines is 2. The van der Waals surface area contributed by atoms with Gasteiger partial charge in [-0.3, -0.25) is 10.1 Å². The molecule has 11 heteroatoms. The van der Waals surface area contributed by atoms with Crippen molar-refractivity contribution >= 4 is 34.0 Å². The SMILES string of the molecule is Cc1cc(Nc2cc(N3CCN(c4ccncc4)CC3)nc(Oc3ccc4[nH]c(C)cc4c3F)n2)n[nH]1. The number of halogens is 1.